The molecule has 0 amide bonds. The molecular formula is C10H18O7. The predicted molar refractivity (Wildman–Crippen MR) is 58.8 cm³/mol. The summed E-state index contributed by atoms with van der Waals surface area (Å²) < 4.78 is 9.88. The highest BCUT2D eigenvalue weighted by Crippen LogP contribution is 1.76. The van der Waals surface area contributed by atoms with Gasteiger partial charge in [-0.15, -0.1) is 0 Å². The van der Waals surface area contributed by atoms with Crippen molar-refractivity contribution in [2.24, 2.45) is 0 Å². The van der Waals surface area contributed by atoms with Gasteiger partial charge in [-0.05, 0) is 6.92 Å². The Kier molecular flexibility index (Phi) is 15.4. The largest absolute Gasteiger partial charge is 0.478 e. The molecule has 0 unspecified atom stereocenters. The molecule has 0 aliphatic rings. The molecule has 0 saturated carbocycles. The molecule has 7 nitrogen and oxygen atoms in total. The molecule has 7 heteroatoms. The number of aliphatic hydroxyl groups excluding tert-OH is 1. The van der Waals surface area contributed by atoms with E-state index in [1.54, 1.807) is 0 Å². The standard InChI is InChI=1S/C6H14O3.C4H4O4/c1-2-8-5-6-9-4-3-7;5-3(6)1-2-4(7)8/h7H,2-6H2,1H3;1-2H,(H,5,6)(H,7,8)/b;2-1-. The van der Waals surface area contributed by atoms with Crippen LogP contribution < -0.4 is 0 Å². The SMILES string of the molecule is CCOCCOCCO.O=C(O)/C=C\C(=O)O. The number of hydrogen-bond donors (Lipinski definition) is 3. The number of rotatable bonds is 8. The third kappa shape index (κ3) is 25.1. The summed E-state index contributed by atoms with van der Waals surface area (Å²) in [5.74, 6) is -2.51. The van der Waals surface area contributed by atoms with Crippen LogP contribution in [0.3, 0.4) is 0 Å². The lowest BCUT2D eigenvalue weighted by molar-refractivity contribution is -0.134. The van der Waals surface area contributed by atoms with Crippen LogP contribution >= 0.6 is 0 Å². The Balaban J connectivity index is 0. The number of carboxylic acids is 2. The predicted octanol–water partition coefficient (Wildman–Crippen LogP) is -0.256. The van der Waals surface area contributed by atoms with E-state index in [9.17, 15) is 9.59 Å². The van der Waals surface area contributed by atoms with Gasteiger partial charge in [-0.1, -0.05) is 0 Å². The fourth-order valence-corrected chi connectivity index (χ4v) is 0.571. The molecule has 0 heterocycles. The van der Waals surface area contributed by atoms with Crippen molar-refractivity contribution in [3.63, 3.8) is 0 Å². The van der Waals surface area contributed by atoms with Crippen LogP contribution in [0.5, 0.6) is 0 Å². The summed E-state index contributed by atoms with van der Waals surface area (Å²) in [7, 11) is 0. The van der Waals surface area contributed by atoms with Crippen LogP contribution in [0.1, 0.15) is 6.92 Å². The molecule has 3 N–H and O–H groups in total. The second-order valence-electron chi connectivity index (χ2n) is 2.54. The van der Waals surface area contributed by atoms with Crippen molar-refractivity contribution < 1.29 is 34.4 Å². The van der Waals surface area contributed by atoms with Crippen molar-refractivity contribution >= 4 is 11.9 Å². The fraction of sp³-hybridized carbons (Fsp3) is 0.600. The Morgan fingerprint density at radius 2 is 1.47 bits per heavy atom. The lowest BCUT2D eigenvalue weighted by Gasteiger charge is -2.00. The maximum absolute atomic E-state index is 9.55. The highest BCUT2D eigenvalue weighted by atomic mass is 16.5. The van der Waals surface area contributed by atoms with Gasteiger partial charge in [0.05, 0.1) is 26.4 Å². The molecule has 17 heavy (non-hydrogen) atoms. The molecule has 0 aromatic rings. The van der Waals surface area contributed by atoms with E-state index >= 15 is 0 Å². The average molecular weight is 250 g/mol. The molecular weight excluding hydrogens is 232 g/mol. The van der Waals surface area contributed by atoms with Gasteiger partial charge >= 0.3 is 11.9 Å². The van der Waals surface area contributed by atoms with E-state index in [1.807, 2.05) is 6.92 Å². The lowest BCUT2D eigenvalue weighted by atomic mass is 10.5. The minimum atomic E-state index is -1.26. The van der Waals surface area contributed by atoms with Crippen molar-refractivity contribution in [2.75, 3.05) is 33.0 Å². The van der Waals surface area contributed by atoms with Gasteiger partial charge in [0.2, 0.25) is 0 Å². The van der Waals surface area contributed by atoms with E-state index in [0.29, 0.717) is 32.0 Å². The summed E-state index contributed by atoms with van der Waals surface area (Å²) in [5.41, 5.74) is 0. The summed E-state index contributed by atoms with van der Waals surface area (Å²) >= 11 is 0. The molecule has 0 bridgehead atoms. The highest BCUT2D eigenvalue weighted by Gasteiger charge is 1.88. The summed E-state index contributed by atoms with van der Waals surface area (Å²) in [4.78, 5) is 19.1. The zero-order chi connectivity index (χ0) is 13.5. The number of carbonyl (C=O) groups is 2. The summed E-state index contributed by atoms with van der Waals surface area (Å²) in [5, 5.41) is 23.9. The third-order valence-electron chi connectivity index (χ3n) is 1.18. The van der Waals surface area contributed by atoms with E-state index in [4.69, 9.17) is 24.8 Å². The lowest BCUT2D eigenvalue weighted by Crippen LogP contribution is -2.06. The summed E-state index contributed by atoms with van der Waals surface area (Å²) in [6.45, 7) is 4.36. The first-order chi connectivity index (χ1) is 8.04. The van der Waals surface area contributed by atoms with Gasteiger partial charge in [0.25, 0.3) is 0 Å². The Labute approximate surface area is 99.3 Å². The topological polar surface area (TPSA) is 113 Å². The molecule has 0 fully saturated rings. The fourth-order valence-electron chi connectivity index (χ4n) is 0.571. The van der Waals surface area contributed by atoms with E-state index in [1.165, 1.54) is 0 Å². The zero-order valence-corrected chi connectivity index (χ0v) is 9.66. The van der Waals surface area contributed by atoms with Crippen LogP contribution in [0.25, 0.3) is 0 Å². The average Bonchev–Trinajstić information content (AvgIpc) is 2.27. The van der Waals surface area contributed by atoms with E-state index in [0.717, 1.165) is 6.61 Å². The maximum Gasteiger partial charge on any atom is 0.328 e. The molecule has 0 aliphatic heterocycles. The molecule has 0 aromatic heterocycles. The number of hydrogen-bond acceptors (Lipinski definition) is 5. The Bertz CT molecular complexity index is 203. The van der Waals surface area contributed by atoms with Gasteiger partial charge < -0.3 is 24.8 Å². The van der Waals surface area contributed by atoms with Crippen molar-refractivity contribution in [1.29, 1.82) is 0 Å². The molecule has 0 rings (SSSR count). The molecule has 0 radical (unpaired) electrons. The zero-order valence-electron chi connectivity index (χ0n) is 9.66. The minimum absolute atomic E-state index is 0.0894. The third-order valence-corrected chi connectivity index (χ3v) is 1.18. The normalized spacial score (nSPS) is 9.76. The Morgan fingerprint density at radius 3 is 1.82 bits per heavy atom. The highest BCUT2D eigenvalue weighted by molar-refractivity contribution is 5.89. The van der Waals surface area contributed by atoms with Crippen LogP contribution in [0.2, 0.25) is 0 Å². The van der Waals surface area contributed by atoms with Gasteiger partial charge in [-0.2, -0.15) is 0 Å². The monoisotopic (exact) mass is 250 g/mol. The second kappa shape index (κ2) is 14.6. The van der Waals surface area contributed by atoms with E-state index in [-0.39, 0.29) is 6.61 Å². The molecule has 0 spiro atoms. The van der Waals surface area contributed by atoms with Crippen molar-refractivity contribution in [2.45, 2.75) is 6.92 Å². The molecule has 0 atom stereocenters. The quantitative estimate of drug-likeness (QED) is 0.402. The number of carboxylic acid groups (broad SMARTS) is 2. The second-order valence-corrected chi connectivity index (χ2v) is 2.54. The molecule has 0 aromatic carbocycles. The van der Waals surface area contributed by atoms with Gasteiger partial charge in [0, 0.05) is 18.8 Å². The number of aliphatic hydroxyl groups is 1. The van der Waals surface area contributed by atoms with Gasteiger partial charge in [-0.25, -0.2) is 9.59 Å². The maximum atomic E-state index is 9.55. The van der Waals surface area contributed by atoms with Crippen molar-refractivity contribution in [3.05, 3.63) is 12.2 Å². The Morgan fingerprint density at radius 1 is 1.00 bits per heavy atom. The first-order valence-corrected chi connectivity index (χ1v) is 4.94. The molecule has 0 saturated heterocycles. The van der Waals surface area contributed by atoms with E-state index in [2.05, 4.69) is 0 Å². The van der Waals surface area contributed by atoms with E-state index < -0.39 is 11.9 Å². The van der Waals surface area contributed by atoms with Gasteiger partial charge in [0.1, 0.15) is 0 Å². The first-order valence-electron chi connectivity index (χ1n) is 4.94. The van der Waals surface area contributed by atoms with Crippen molar-refractivity contribution in [1.82, 2.24) is 0 Å². The smallest absolute Gasteiger partial charge is 0.328 e. The first kappa shape index (κ1) is 17.9. The molecule has 100 valence electrons. The van der Waals surface area contributed by atoms with Gasteiger partial charge in [-0.3, -0.25) is 0 Å². The van der Waals surface area contributed by atoms with Crippen molar-refractivity contribution in [3.8, 4) is 0 Å². The summed E-state index contributed by atoms with van der Waals surface area (Å²) in [6.07, 6.45) is 1.12. The van der Waals surface area contributed by atoms with Crippen LogP contribution in [-0.4, -0.2) is 60.3 Å². The number of aliphatic carboxylic acids is 2. The van der Waals surface area contributed by atoms with Crippen LogP contribution in [0, 0.1) is 0 Å². The van der Waals surface area contributed by atoms with Gasteiger partial charge in [0.15, 0.2) is 0 Å². The van der Waals surface area contributed by atoms with Crippen LogP contribution in [0.15, 0.2) is 12.2 Å². The summed E-state index contributed by atoms with van der Waals surface area (Å²) in [6, 6.07) is 0. The number of ether oxygens (including phenoxy) is 2. The minimum Gasteiger partial charge on any atom is -0.478 e. The van der Waals surface area contributed by atoms with Crippen LogP contribution in [-0.2, 0) is 19.1 Å². The van der Waals surface area contributed by atoms with Crippen LogP contribution in [0.4, 0.5) is 0 Å². The molecule has 0 aliphatic carbocycles. The Hall–Kier alpha value is -1.44.